The standard InChI is InChI=1S/C22H26N2O5S2/c1-27-20-10-9-16(13-21(20)28-2)24-19-15-31(25,26)14-18(19)23-22(24)30-12-6-11-29-17-7-4-3-5-8-17/h3-5,7-10,13,18-19H,6,11-12,14-15H2,1-2H3. The van der Waals surface area contributed by atoms with Gasteiger partial charge in [-0.3, -0.25) is 4.99 Å². The number of hydrogen-bond donors (Lipinski definition) is 0. The van der Waals surface area contributed by atoms with Crippen LogP contribution in [0.3, 0.4) is 0 Å². The van der Waals surface area contributed by atoms with Gasteiger partial charge in [0.25, 0.3) is 0 Å². The predicted octanol–water partition coefficient (Wildman–Crippen LogP) is 3.25. The Bertz CT molecular complexity index is 1040. The number of ether oxygens (including phenoxy) is 3. The van der Waals surface area contributed by atoms with Crippen LogP contribution in [-0.4, -0.2) is 63.8 Å². The van der Waals surface area contributed by atoms with Crippen LogP contribution in [0.5, 0.6) is 17.2 Å². The van der Waals surface area contributed by atoms with Gasteiger partial charge in [-0.25, -0.2) is 8.42 Å². The summed E-state index contributed by atoms with van der Waals surface area (Å²) in [5.74, 6) is 3.12. The van der Waals surface area contributed by atoms with Crippen LogP contribution >= 0.6 is 11.8 Å². The van der Waals surface area contributed by atoms with Crippen LogP contribution in [0.4, 0.5) is 5.69 Å². The first kappa shape index (κ1) is 21.8. The monoisotopic (exact) mass is 462 g/mol. The van der Waals surface area contributed by atoms with E-state index in [0.717, 1.165) is 28.8 Å². The molecule has 2 unspecified atom stereocenters. The van der Waals surface area contributed by atoms with Gasteiger partial charge in [0.05, 0.1) is 44.4 Å². The van der Waals surface area contributed by atoms with Crippen LogP contribution in [0.15, 0.2) is 53.5 Å². The summed E-state index contributed by atoms with van der Waals surface area (Å²) >= 11 is 1.63. The van der Waals surface area contributed by atoms with E-state index in [2.05, 4.69) is 0 Å². The number of benzene rings is 2. The van der Waals surface area contributed by atoms with Crippen molar-refractivity contribution in [1.82, 2.24) is 0 Å². The van der Waals surface area contributed by atoms with Crippen molar-refractivity contribution in [1.29, 1.82) is 0 Å². The number of rotatable bonds is 8. The summed E-state index contributed by atoms with van der Waals surface area (Å²) in [5.41, 5.74) is 0.856. The molecule has 0 N–H and O–H groups in total. The van der Waals surface area contributed by atoms with Gasteiger partial charge in [0.2, 0.25) is 0 Å². The van der Waals surface area contributed by atoms with Gasteiger partial charge in [0, 0.05) is 17.5 Å². The van der Waals surface area contributed by atoms with Gasteiger partial charge in [-0.1, -0.05) is 30.0 Å². The number of hydrogen-bond acceptors (Lipinski definition) is 8. The maximum absolute atomic E-state index is 12.2. The van der Waals surface area contributed by atoms with Crippen molar-refractivity contribution < 1.29 is 22.6 Å². The number of methoxy groups -OCH3 is 2. The number of para-hydroxylation sites is 1. The molecule has 0 aromatic heterocycles. The molecule has 2 heterocycles. The number of thioether (sulfide) groups is 1. The lowest BCUT2D eigenvalue weighted by molar-refractivity contribution is 0.319. The summed E-state index contributed by atoms with van der Waals surface area (Å²) in [6.07, 6.45) is 0.853. The molecule has 166 valence electrons. The SMILES string of the molecule is COc1ccc(N2C(SCCCOc3ccccc3)=NC3CS(=O)(=O)CC32)cc1OC. The van der Waals surface area contributed by atoms with Gasteiger partial charge in [0.15, 0.2) is 26.5 Å². The quantitative estimate of drug-likeness (QED) is 0.557. The van der Waals surface area contributed by atoms with E-state index in [1.54, 1.807) is 26.0 Å². The fraction of sp³-hybridized carbons (Fsp3) is 0.409. The van der Waals surface area contributed by atoms with Crippen LogP contribution in [-0.2, 0) is 9.84 Å². The van der Waals surface area contributed by atoms with E-state index < -0.39 is 9.84 Å². The molecule has 2 aliphatic rings. The second kappa shape index (κ2) is 9.40. The number of sulfone groups is 1. The molecule has 31 heavy (non-hydrogen) atoms. The first-order valence-corrected chi connectivity index (χ1v) is 12.9. The molecule has 0 amide bonds. The Kier molecular flexibility index (Phi) is 6.62. The van der Waals surface area contributed by atoms with Gasteiger partial charge in [0.1, 0.15) is 5.75 Å². The Morgan fingerprint density at radius 2 is 1.84 bits per heavy atom. The fourth-order valence-corrected chi connectivity index (χ4v) is 6.72. The summed E-state index contributed by atoms with van der Waals surface area (Å²) in [4.78, 5) is 6.81. The predicted molar refractivity (Wildman–Crippen MR) is 125 cm³/mol. The van der Waals surface area contributed by atoms with Crippen LogP contribution in [0.2, 0.25) is 0 Å². The summed E-state index contributed by atoms with van der Waals surface area (Å²) in [5, 5.41) is 0.844. The first-order chi connectivity index (χ1) is 15.0. The molecule has 2 aromatic rings. The van der Waals surface area contributed by atoms with Crippen molar-refractivity contribution >= 4 is 32.5 Å². The Morgan fingerprint density at radius 1 is 1.06 bits per heavy atom. The fourth-order valence-electron chi connectivity index (χ4n) is 3.84. The Hall–Kier alpha value is -2.39. The van der Waals surface area contributed by atoms with E-state index in [1.807, 2.05) is 53.4 Å². The number of amidine groups is 1. The van der Waals surface area contributed by atoms with Crippen molar-refractivity contribution in [3.8, 4) is 17.2 Å². The van der Waals surface area contributed by atoms with Crippen LogP contribution in [0.25, 0.3) is 0 Å². The molecule has 2 atom stereocenters. The van der Waals surface area contributed by atoms with Gasteiger partial charge in [-0.15, -0.1) is 0 Å². The highest BCUT2D eigenvalue weighted by atomic mass is 32.2. The molecule has 4 rings (SSSR count). The molecule has 0 radical (unpaired) electrons. The smallest absolute Gasteiger partial charge is 0.164 e. The highest BCUT2D eigenvalue weighted by Crippen LogP contribution is 2.39. The van der Waals surface area contributed by atoms with Gasteiger partial charge >= 0.3 is 0 Å². The molecule has 0 saturated carbocycles. The molecule has 1 fully saturated rings. The Balaban J connectivity index is 1.46. The van der Waals surface area contributed by atoms with Crippen LogP contribution in [0.1, 0.15) is 6.42 Å². The number of aliphatic imine (C=N–C) groups is 1. The van der Waals surface area contributed by atoms with E-state index in [0.29, 0.717) is 18.1 Å². The van der Waals surface area contributed by atoms with E-state index >= 15 is 0 Å². The maximum Gasteiger partial charge on any atom is 0.164 e. The lowest BCUT2D eigenvalue weighted by Gasteiger charge is -2.27. The average molecular weight is 463 g/mol. The first-order valence-electron chi connectivity index (χ1n) is 10.1. The minimum absolute atomic E-state index is 0.0998. The molecule has 9 heteroatoms. The second-order valence-electron chi connectivity index (χ2n) is 7.40. The van der Waals surface area contributed by atoms with Crippen molar-refractivity contribution in [2.75, 3.05) is 43.0 Å². The van der Waals surface area contributed by atoms with Crippen molar-refractivity contribution in [2.24, 2.45) is 4.99 Å². The molecule has 0 bridgehead atoms. The molecule has 7 nitrogen and oxygen atoms in total. The highest BCUT2D eigenvalue weighted by molar-refractivity contribution is 8.14. The number of anilines is 1. The van der Waals surface area contributed by atoms with Gasteiger partial charge < -0.3 is 19.1 Å². The van der Waals surface area contributed by atoms with Crippen molar-refractivity contribution in [3.05, 3.63) is 48.5 Å². The zero-order chi connectivity index (χ0) is 21.8. The van der Waals surface area contributed by atoms with E-state index in [-0.39, 0.29) is 23.6 Å². The lowest BCUT2D eigenvalue weighted by atomic mass is 10.1. The summed E-state index contributed by atoms with van der Waals surface area (Å²) < 4.78 is 41.0. The van der Waals surface area contributed by atoms with E-state index in [1.165, 1.54) is 0 Å². The minimum Gasteiger partial charge on any atom is -0.494 e. The third-order valence-electron chi connectivity index (χ3n) is 5.28. The Labute approximate surface area is 187 Å². The minimum atomic E-state index is -3.09. The number of nitrogens with zero attached hydrogens (tertiary/aromatic N) is 2. The lowest BCUT2D eigenvalue weighted by Crippen LogP contribution is -2.39. The highest BCUT2D eigenvalue weighted by Gasteiger charge is 2.47. The van der Waals surface area contributed by atoms with E-state index in [4.69, 9.17) is 19.2 Å². The Morgan fingerprint density at radius 3 is 2.58 bits per heavy atom. The normalized spacial score (nSPS) is 21.5. The van der Waals surface area contributed by atoms with Crippen LogP contribution in [0, 0.1) is 0 Å². The molecular formula is C22H26N2O5S2. The maximum atomic E-state index is 12.2. The molecular weight excluding hydrogens is 436 g/mol. The number of fused-ring (bicyclic) bond motifs is 1. The summed E-state index contributed by atoms with van der Waals surface area (Å²) in [6.45, 7) is 0.613. The molecule has 2 aliphatic heterocycles. The van der Waals surface area contributed by atoms with Crippen molar-refractivity contribution in [3.63, 3.8) is 0 Å². The molecule has 2 aromatic carbocycles. The van der Waals surface area contributed by atoms with Gasteiger partial charge in [-0.2, -0.15) is 0 Å². The molecule has 0 spiro atoms. The third-order valence-corrected chi connectivity index (χ3v) is 8.04. The van der Waals surface area contributed by atoms with Gasteiger partial charge in [-0.05, 0) is 30.7 Å². The zero-order valence-corrected chi connectivity index (χ0v) is 19.2. The van der Waals surface area contributed by atoms with E-state index in [9.17, 15) is 8.42 Å². The summed E-state index contributed by atoms with van der Waals surface area (Å²) in [6, 6.07) is 14.9. The second-order valence-corrected chi connectivity index (χ2v) is 10.6. The average Bonchev–Trinajstić information content (AvgIpc) is 3.24. The molecule has 1 saturated heterocycles. The third kappa shape index (κ3) is 4.93. The zero-order valence-electron chi connectivity index (χ0n) is 17.6. The largest absolute Gasteiger partial charge is 0.494 e. The summed E-state index contributed by atoms with van der Waals surface area (Å²) in [7, 11) is 0.0866. The molecule has 0 aliphatic carbocycles. The topological polar surface area (TPSA) is 77.4 Å². The van der Waals surface area contributed by atoms with Crippen molar-refractivity contribution in [2.45, 2.75) is 18.5 Å². The van der Waals surface area contributed by atoms with Crippen LogP contribution < -0.4 is 19.1 Å².